The zero-order chi connectivity index (χ0) is 21.6. The monoisotopic (exact) mass is 434 g/mol. The molecule has 6 nitrogen and oxygen atoms in total. The topological polar surface area (TPSA) is 77.0 Å². The number of hydrogen-bond donors (Lipinski definition) is 1. The summed E-state index contributed by atoms with van der Waals surface area (Å²) >= 11 is 1.29. The molecule has 1 atom stereocenters. The molecule has 3 aromatic rings. The van der Waals surface area contributed by atoms with Crippen LogP contribution in [0.15, 0.2) is 53.7 Å². The Morgan fingerprint density at radius 3 is 2.26 bits per heavy atom. The van der Waals surface area contributed by atoms with Crippen LogP contribution in [0.3, 0.4) is 0 Å². The van der Waals surface area contributed by atoms with Crippen LogP contribution in [0.25, 0.3) is 22.5 Å². The van der Waals surface area contributed by atoms with Crippen LogP contribution in [0.2, 0.25) is 0 Å². The number of thioether (sulfide) groups is 1. The molecule has 0 saturated carbocycles. The Balaban J connectivity index is 1.52. The van der Waals surface area contributed by atoms with Gasteiger partial charge in [-0.3, -0.25) is 4.79 Å². The molecule has 1 fully saturated rings. The molecule has 1 aromatic heterocycles. The maximum absolute atomic E-state index is 12.2. The van der Waals surface area contributed by atoms with Gasteiger partial charge in [0.1, 0.15) is 11.4 Å². The van der Waals surface area contributed by atoms with Crippen LogP contribution in [0, 0.1) is 13.8 Å². The van der Waals surface area contributed by atoms with Crippen LogP contribution in [-0.4, -0.2) is 46.1 Å². The Morgan fingerprint density at radius 2 is 1.65 bits per heavy atom. The molecule has 2 aromatic carbocycles. The number of benzene rings is 2. The Kier molecular flexibility index (Phi) is 6.94. The van der Waals surface area contributed by atoms with Gasteiger partial charge in [0.2, 0.25) is 11.1 Å². The fraction of sp³-hybridized carbons (Fsp3) is 0.333. The van der Waals surface area contributed by atoms with Crippen molar-refractivity contribution in [1.29, 1.82) is 0 Å². The van der Waals surface area contributed by atoms with Gasteiger partial charge in [-0.05, 0) is 26.7 Å². The molecule has 1 aliphatic rings. The summed E-state index contributed by atoms with van der Waals surface area (Å²) in [5.41, 5.74) is 5.80. The summed E-state index contributed by atoms with van der Waals surface area (Å²) in [4.78, 5) is 17.0. The number of ether oxygens (including phenoxy) is 1. The number of amides is 1. The first-order chi connectivity index (χ1) is 15.1. The lowest BCUT2D eigenvalue weighted by molar-refractivity contribution is -0.119. The predicted molar refractivity (Wildman–Crippen MR) is 123 cm³/mol. The third-order valence-corrected chi connectivity index (χ3v) is 6.04. The summed E-state index contributed by atoms with van der Waals surface area (Å²) < 4.78 is 5.55. The van der Waals surface area contributed by atoms with E-state index in [1.807, 2.05) is 24.3 Å². The van der Waals surface area contributed by atoms with Crippen LogP contribution in [-0.2, 0) is 9.53 Å². The molecule has 7 heteroatoms. The lowest BCUT2D eigenvalue weighted by atomic mass is 10.0. The second-order valence-electron chi connectivity index (χ2n) is 7.75. The minimum Gasteiger partial charge on any atom is -0.376 e. The van der Waals surface area contributed by atoms with Crippen molar-refractivity contribution in [2.45, 2.75) is 37.9 Å². The molecule has 1 aliphatic heterocycles. The van der Waals surface area contributed by atoms with Gasteiger partial charge in [-0.1, -0.05) is 71.4 Å². The van der Waals surface area contributed by atoms with Gasteiger partial charge in [0, 0.05) is 24.3 Å². The number of aromatic nitrogens is 3. The van der Waals surface area contributed by atoms with E-state index < -0.39 is 0 Å². The third-order valence-electron chi connectivity index (χ3n) is 5.20. The first-order valence-electron chi connectivity index (χ1n) is 10.5. The Labute approximate surface area is 186 Å². The summed E-state index contributed by atoms with van der Waals surface area (Å²) in [6.45, 7) is 5.45. The van der Waals surface area contributed by atoms with E-state index in [0.29, 0.717) is 11.7 Å². The highest BCUT2D eigenvalue weighted by atomic mass is 32.2. The Bertz CT molecular complexity index is 1030. The summed E-state index contributed by atoms with van der Waals surface area (Å²) in [5, 5.41) is 12.2. The van der Waals surface area contributed by atoms with E-state index in [9.17, 15) is 4.79 Å². The highest BCUT2D eigenvalue weighted by Crippen LogP contribution is 2.30. The number of aryl methyl sites for hydroxylation is 2. The zero-order valence-electron chi connectivity index (χ0n) is 17.8. The highest BCUT2D eigenvalue weighted by molar-refractivity contribution is 7.99. The second kappa shape index (κ2) is 10.0. The van der Waals surface area contributed by atoms with E-state index >= 15 is 0 Å². The van der Waals surface area contributed by atoms with Crippen molar-refractivity contribution in [2.24, 2.45) is 0 Å². The van der Waals surface area contributed by atoms with Gasteiger partial charge in [-0.2, -0.15) is 0 Å². The average Bonchev–Trinajstić information content (AvgIpc) is 3.31. The summed E-state index contributed by atoms with van der Waals surface area (Å²) in [6, 6.07) is 16.4. The summed E-state index contributed by atoms with van der Waals surface area (Å²) in [7, 11) is 0. The Hall–Kier alpha value is -2.77. The number of hydrogen-bond acceptors (Lipinski definition) is 6. The molecular weight excluding hydrogens is 408 g/mol. The van der Waals surface area contributed by atoms with Crippen molar-refractivity contribution in [2.75, 3.05) is 18.9 Å². The number of nitrogens with one attached hydrogen (secondary N) is 1. The molecule has 1 amide bonds. The number of rotatable bonds is 7. The van der Waals surface area contributed by atoms with Gasteiger partial charge >= 0.3 is 0 Å². The number of carbonyl (C=O) groups excluding carboxylic acids is 1. The normalized spacial score (nSPS) is 15.7. The molecule has 0 spiro atoms. The van der Waals surface area contributed by atoms with Crippen molar-refractivity contribution in [3.8, 4) is 22.5 Å². The maximum atomic E-state index is 12.2. The molecule has 0 radical (unpaired) electrons. The van der Waals surface area contributed by atoms with Crippen molar-refractivity contribution in [3.05, 3.63) is 59.7 Å². The molecule has 0 bridgehead atoms. The molecule has 0 aliphatic carbocycles. The standard InChI is InChI=1S/C24H26N4O2S/c1-16-5-9-18(10-6-16)22-23(19-11-7-17(2)8-12-19)27-28-24(26-22)31-15-21(29)25-14-20-4-3-13-30-20/h5-12,20H,3-4,13-15H2,1-2H3,(H,25,29)/t20-/m1/s1. The van der Waals surface area contributed by atoms with Gasteiger partial charge in [0.05, 0.1) is 11.9 Å². The molecule has 1 N–H and O–H groups in total. The molecule has 4 rings (SSSR count). The van der Waals surface area contributed by atoms with E-state index in [4.69, 9.17) is 9.72 Å². The molecule has 160 valence electrons. The first kappa shape index (κ1) is 21.5. The van der Waals surface area contributed by atoms with Gasteiger partial charge in [0.15, 0.2) is 0 Å². The van der Waals surface area contributed by atoms with E-state index in [1.54, 1.807) is 0 Å². The maximum Gasteiger partial charge on any atom is 0.230 e. The van der Waals surface area contributed by atoms with Crippen LogP contribution < -0.4 is 5.32 Å². The lowest BCUT2D eigenvalue weighted by Gasteiger charge is -2.11. The van der Waals surface area contributed by atoms with E-state index in [2.05, 4.69) is 53.6 Å². The SMILES string of the molecule is Cc1ccc(-c2nnc(SCC(=O)NC[C@H]3CCCO3)nc2-c2ccc(C)cc2)cc1. The van der Waals surface area contributed by atoms with Crippen molar-refractivity contribution in [1.82, 2.24) is 20.5 Å². The fourth-order valence-electron chi connectivity index (χ4n) is 3.40. The van der Waals surface area contributed by atoms with Crippen LogP contribution in [0.1, 0.15) is 24.0 Å². The van der Waals surface area contributed by atoms with Crippen molar-refractivity contribution in [3.63, 3.8) is 0 Å². The first-order valence-corrected chi connectivity index (χ1v) is 11.5. The smallest absolute Gasteiger partial charge is 0.230 e. The minimum atomic E-state index is -0.0522. The van der Waals surface area contributed by atoms with Gasteiger partial charge in [-0.25, -0.2) is 4.98 Å². The molecule has 31 heavy (non-hydrogen) atoms. The van der Waals surface area contributed by atoms with E-state index in [0.717, 1.165) is 42.0 Å². The van der Waals surface area contributed by atoms with Gasteiger partial charge in [0.25, 0.3) is 0 Å². The Morgan fingerprint density at radius 1 is 1.00 bits per heavy atom. The second-order valence-corrected chi connectivity index (χ2v) is 8.69. The van der Waals surface area contributed by atoms with Crippen LogP contribution in [0.4, 0.5) is 0 Å². The third kappa shape index (κ3) is 5.68. The average molecular weight is 435 g/mol. The molecule has 0 unspecified atom stereocenters. The van der Waals surface area contributed by atoms with E-state index in [1.165, 1.54) is 22.9 Å². The van der Waals surface area contributed by atoms with Gasteiger partial charge in [-0.15, -0.1) is 10.2 Å². The van der Waals surface area contributed by atoms with Gasteiger partial charge < -0.3 is 10.1 Å². The quantitative estimate of drug-likeness (QED) is 0.562. The van der Waals surface area contributed by atoms with E-state index in [-0.39, 0.29) is 17.8 Å². The van der Waals surface area contributed by atoms with Crippen LogP contribution >= 0.6 is 11.8 Å². The van der Waals surface area contributed by atoms with Crippen molar-refractivity contribution < 1.29 is 9.53 Å². The lowest BCUT2D eigenvalue weighted by Crippen LogP contribution is -2.32. The predicted octanol–water partition coefficient (Wildman–Crippen LogP) is 4.21. The minimum absolute atomic E-state index is 0.0522. The fourth-order valence-corrected chi connectivity index (χ4v) is 4.02. The molecule has 1 saturated heterocycles. The van der Waals surface area contributed by atoms with Crippen molar-refractivity contribution >= 4 is 17.7 Å². The number of nitrogens with zero attached hydrogens (tertiary/aromatic N) is 3. The molecule has 2 heterocycles. The summed E-state index contributed by atoms with van der Waals surface area (Å²) in [6.07, 6.45) is 2.19. The zero-order valence-corrected chi connectivity index (χ0v) is 18.6. The highest BCUT2D eigenvalue weighted by Gasteiger charge is 2.17. The largest absolute Gasteiger partial charge is 0.376 e. The van der Waals surface area contributed by atoms with Crippen LogP contribution in [0.5, 0.6) is 0 Å². The summed E-state index contributed by atoms with van der Waals surface area (Å²) in [5.74, 6) is 0.189. The number of carbonyl (C=O) groups is 1. The molecular formula is C24H26N4O2S.